The third-order valence-corrected chi connectivity index (χ3v) is 4.26. The molecule has 2 heterocycles. The second-order valence-electron chi connectivity index (χ2n) is 6.31. The Labute approximate surface area is 126 Å². The molecule has 1 amide bonds. The number of hydrogen-bond acceptors (Lipinski definition) is 4. The van der Waals surface area contributed by atoms with E-state index in [1.165, 1.54) is 6.42 Å². The quantitative estimate of drug-likeness (QED) is 0.663. The van der Waals surface area contributed by atoms with E-state index in [1.807, 2.05) is 11.0 Å². The highest BCUT2D eigenvalue weighted by atomic mass is 16.2. The fraction of sp³-hybridized carbons (Fsp3) is 0.625. The number of nitrogens with one attached hydrogen (secondary N) is 1. The van der Waals surface area contributed by atoms with Gasteiger partial charge in [0.05, 0.1) is 0 Å². The predicted molar refractivity (Wildman–Crippen MR) is 85.1 cm³/mol. The van der Waals surface area contributed by atoms with Gasteiger partial charge in [0.15, 0.2) is 0 Å². The summed E-state index contributed by atoms with van der Waals surface area (Å²) >= 11 is 0. The molecule has 1 fully saturated rings. The van der Waals surface area contributed by atoms with E-state index in [0.717, 1.165) is 18.5 Å². The van der Waals surface area contributed by atoms with Crippen LogP contribution in [0.25, 0.3) is 0 Å². The van der Waals surface area contributed by atoms with Crippen molar-refractivity contribution in [1.29, 1.82) is 0 Å². The molecule has 1 aromatic rings. The van der Waals surface area contributed by atoms with Crippen LogP contribution in [-0.2, 0) is 0 Å². The summed E-state index contributed by atoms with van der Waals surface area (Å²) in [5, 5.41) is 0. The first-order chi connectivity index (χ1) is 9.93. The van der Waals surface area contributed by atoms with E-state index in [0.29, 0.717) is 11.4 Å². The second-order valence-corrected chi connectivity index (χ2v) is 6.31. The van der Waals surface area contributed by atoms with Crippen LogP contribution >= 0.6 is 0 Å². The molecule has 1 aliphatic rings. The maximum atomic E-state index is 12.9. The maximum absolute atomic E-state index is 12.9. The van der Waals surface area contributed by atoms with Crippen LogP contribution < -0.4 is 11.3 Å². The average Bonchev–Trinajstić information content (AvgIpc) is 2.46. The minimum absolute atomic E-state index is 0.0792. The Balaban J connectivity index is 2.35. The number of nitrogens with zero attached hydrogens (tertiary/aromatic N) is 2. The number of aromatic nitrogens is 1. The summed E-state index contributed by atoms with van der Waals surface area (Å²) in [6.07, 6.45) is 3.33. The third-order valence-electron chi connectivity index (χ3n) is 4.26. The second kappa shape index (κ2) is 6.43. The lowest BCUT2D eigenvalue weighted by atomic mass is 9.96. The number of hydrazine groups is 1. The van der Waals surface area contributed by atoms with Crippen LogP contribution in [0, 0.1) is 0 Å². The Morgan fingerprint density at radius 2 is 1.95 bits per heavy atom. The van der Waals surface area contributed by atoms with Gasteiger partial charge in [0.2, 0.25) is 0 Å². The number of rotatable bonds is 3. The summed E-state index contributed by atoms with van der Waals surface area (Å²) in [5.74, 6) is 6.36. The molecule has 2 atom stereocenters. The molecular formula is C16H26N4O. The van der Waals surface area contributed by atoms with E-state index in [4.69, 9.17) is 5.84 Å². The minimum atomic E-state index is 0.0792. The van der Waals surface area contributed by atoms with E-state index in [-0.39, 0.29) is 23.9 Å². The molecule has 21 heavy (non-hydrogen) atoms. The van der Waals surface area contributed by atoms with Crippen molar-refractivity contribution in [2.75, 3.05) is 5.43 Å². The summed E-state index contributed by atoms with van der Waals surface area (Å²) in [7, 11) is 0. The zero-order chi connectivity index (χ0) is 15.6. The number of nitrogens with two attached hydrogens (primary N) is 1. The highest BCUT2D eigenvalue weighted by molar-refractivity contribution is 5.95. The van der Waals surface area contributed by atoms with Crippen LogP contribution in [0.2, 0.25) is 0 Å². The fourth-order valence-corrected chi connectivity index (χ4v) is 3.02. The van der Waals surface area contributed by atoms with Gasteiger partial charge in [-0.1, -0.05) is 13.8 Å². The summed E-state index contributed by atoms with van der Waals surface area (Å²) < 4.78 is 0. The minimum Gasteiger partial charge on any atom is -0.333 e. The van der Waals surface area contributed by atoms with Crippen LogP contribution in [-0.4, -0.2) is 27.9 Å². The molecule has 3 N–H and O–H groups in total. The van der Waals surface area contributed by atoms with Crippen molar-refractivity contribution in [3.63, 3.8) is 0 Å². The van der Waals surface area contributed by atoms with Gasteiger partial charge in [0.1, 0.15) is 5.82 Å². The number of hydrogen-bond donors (Lipinski definition) is 2. The fourth-order valence-electron chi connectivity index (χ4n) is 3.02. The summed E-state index contributed by atoms with van der Waals surface area (Å²) in [4.78, 5) is 19.3. The van der Waals surface area contributed by atoms with E-state index >= 15 is 0 Å². The monoisotopic (exact) mass is 290 g/mol. The molecule has 0 radical (unpaired) electrons. The zero-order valence-electron chi connectivity index (χ0n) is 13.4. The standard InChI is InChI=1S/C16H26N4O/c1-10(2)14-8-13(9-15(18-14)19-17)16(21)20-11(3)6-5-7-12(20)4/h8-12H,5-7,17H2,1-4H3,(H,18,19)/t11-,12+. The molecule has 2 rings (SSSR count). The summed E-state index contributed by atoms with van der Waals surface area (Å²) in [5.41, 5.74) is 4.11. The lowest BCUT2D eigenvalue weighted by Crippen LogP contribution is -2.47. The van der Waals surface area contributed by atoms with Gasteiger partial charge in [-0.15, -0.1) is 0 Å². The summed E-state index contributed by atoms with van der Waals surface area (Å²) in [6, 6.07) is 4.20. The molecule has 0 unspecified atom stereocenters. The number of nitrogen functional groups attached to an aromatic ring is 1. The van der Waals surface area contributed by atoms with Crippen molar-refractivity contribution < 1.29 is 4.79 Å². The third kappa shape index (κ3) is 3.35. The van der Waals surface area contributed by atoms with Crippen molar-refractivity contribution >= 4 is 11.7 Å². The number of carbonyl (C=O) groups is 1. The first kappa shape index (κ1) is 15.8. The molecule has 0 spiro atoms. The van der Waals surface area contributed by atoms with Crippen molar-refractivity contribution in [3.05, 3.63) is 23.4 Å². The Morgan fingerprint density at radius 1 is 1.33 bits per heavy atom. The number of pyridine rings is 1. The van der Waals surface area contributed by atoms with Crippen LogP contribution in [0.15, 0.2) is 12.1 Å². The Bertz CT molecular complexity index is 505. The van der Waals surface area contributed by atoms with Gasteiger partial charge in [-0.3, -0.25) is 4.79 Å². The largest absolute Gasteiger partial charge is 0.333 e. The normalized spacial score (nSPS) is 22.5. The molecule has 0 saturated carbocycles. The van der Waals surface area contributed by atoms with Crippen LogP contribution in [0.4, 0.5) is 5.82 Å². The van der Waals surface area contributed by atoms with E-state index < -0.39 is 0 Å². The van der Waals surface area contributed by atoms with Gasteiger partial charge in [-0.25, -0.2) is 10.8 Å². The Kier molecular flexibility index (Phi) is 4.83. The van der Waals surface area contributed by atoms with Crippen LogP contribution in [0.3, 0.4) is 0 Å². The molecule has 1 saturated heterocycles. The lowest BCUT2D eigenvalue weighted by molar-refractivity contribution is 0.0510. The molecule has 0 aromatic carbocycles. The van der Waals surface area contributed by atoms with Crippen molar-refractivity contribution in [2.45, 2.75) is 65.0 Å². The van der Waals surface area contributed by atoms with E-state index in [1.54, 1.807) is 6.07 Å². The number of piperidine rings is 1. The summed E-state index contributed by atoms with van der Waals surface area (Å²) in [6.45, 7) is 8.37. The van der Waals surface area contributed by atoms with Gasteiger partial charge in [0.25, 0.3) is 5.91 Å². The van der Waals surface area contributed by atoms with E-state index in [2.05, 4.69) is 38.1 Å². The van der Waals surface area contributed by atoms with Gasteiger partial charge >= 0.3 is 0 Å². The molecule has 0 aliphatic carbocycles. The molecule has 5 heteroatoms. The van der Waals surface area contributed by atoms with Crippen molar-refractivity contribution in [2.24, 2.45) is 5.84 Å². The van der Waals surface area contributed by atoms with Crippen molar-refractivity contribution in [3.8, 4) is 0 Å². The Morgan fingerprint density at radius 3 is 2.48 bits per heavy atom. The Hall–Kier alpha value is -1.62. The SMILES string of the molecule is CC(C)c1cc(C(=O)N2[C@H](C)CCC[C@@H]2C)cc(NN)n1. The average molecular weight is 290 g/mol. The first-order valence-electron chi connectivity index (χ1n) is 7.75. The van der Waals surface area contributed by atoms with Gasteiger partial charge < -0.3 is 10.3 Å². The van der Waals surface area contributed by atoms with Crippen LogP contribution in [0.1, 0.15) is 68.9 Å². The highest BCUT2D eigenvalue weighted by Gasteiger charge is 2.30. The maximum Gasteiger partial charge on any atom is 0.254 e. The van der Waals surface area contributed by atoms with Gasteiger partial charge in [0, 0.05) is 23.3 Å². The lowest BCUT2D eigenvalue weighted by Gasteiger charge is -2.39. The van der Waals surface area contributed by atoms with Crippen molar-refractivity contribution in [1.82, 2.24) is 9.88 Å². The molecule has 0 bridgehead atoms. The van der Waals surface area contributed by atoms with Gasteiger partial charge in [-0.2, -0.15) is 0 Å². The zero-order valence-corrected chi connectivity index (χ0v) is 13.4. The topological polar surface area (TPSA) is 71.2 Å². The molecule has 116 valence electrons. The number of anilines is 1. The first-order valence-corrected chi connectivity index (χ1v) is 7.75. The van der Waals surface area contributed by atoms with Gasteiger partial charge in [-0.05, 0) is 51.2 Å². The van der Waals surface area contributed by atoms with Crippen LogP contribution in [0.5, 0.6) is 0 Å². The molecule has 1 aromatic heterocycles. The smallest absolute Gasteiger partial charge is 0.254 e. The van der Waals surface area contributed by atoms with E-state index in [9.17, 15) is 4.79 Å². The molecule has 5 nitrogen and oxygen atoms in total. The predicted octanol–water partition coefficient (Wildman–Crippen LogP) is 2.89. The number of likely N-dealkylation sites (tertiary alicyclic amines) is 1. The molecular weight excluding hydrogens is 264 g/mol. The molecule has 1 aliphatic heterocycles. The highest BCUT2D eigenvalue weighted by Crippen LogP contribution is 2.26. The number of amides is 1. The number of carbonyl (C=O) groups excluding carboxylic acids is 1.